The van der Waals surface area contributed by atoms with Crippen molar-refractivity contribution < 1.29 is 0 Å². The van der Waals surface area contributed by atoms with E-state index < -0.39 is 0 Å². The number of rotatable bonds is 2. The molecule has 2 aromatic rings. The van der Waals surface area contributed by atoms with E-state index in [1.807, 2.05) is 19.9 Å². The predicted molar refractivity (Wildman–Crippen MR) is 73.4 cm³/mol. The molecular weight excluding hydrogens is 260 g/mol. The summed E-state index contributed by atoms with van der Waals surface area (Å²) in [5.74, 6) is 0.579. The highest BCUT2D eigenvalue weighted by Gasteiger charge is 2.12. The standard InChI is InChI=1S/C12H12N6S/c1-6-3-7(2)16-11(8(6)5-13)19-12-17-9(14)4-10(15)18-12/h3-4H,1-2H3,(H4,14,15,17,18). The van der Waals surface area contributed by atoms with E-state index in [1.54, 1.807) is 0 Å². The summed E-state index contributed by atoms with van der Waals surface area (Å²) < 4.78 is 0. The van der Waals surface area contributed by atoms with Crippen molar-refractivity contribution in [1.29, 1.82) is 5.26 Å². The number of anilines is 2. The molecule has 4 N–H and O–H groups in total. The minimum atomic E-state index is 0.290. The van der Waals surface area contributed by atoms with Gasteiger partial charge in [-0.15, -0.1) is 0 Å². The van der Waals surface area contributed by atoms with E-state index in [1.165, 1.54) is 17.8 Å². The zero-order chi connectivity index (χ0) is 14.0. The van der Waals surface area contributed by atoms with Gasteiger partial charge in [-0.3, -0.25) is 0 Å². The molecule has 6 nitrogen and oxygen atoms in total. The van der Waals surface area contributed by atoms with Crippen molar-refractivity contribution in [3.05, 3.63) is 29.0 Å². The number of pyridine rings is 1. The van der Waals surface area contributed by atoms with E-state index in [9.17, 15) is 5.26 Å². The summed E-state index contributed by atoms with van der Waals surface area (Å²) in [5, 5.41) is 10.1. The van der Waals surface area contributed by atoms with E-state index in [2.05, 4.69) is 21.0 Å². The summed E-state index contributed by atoms with van der Waals surface area (Å²) in [6.45, 7) is 3.73. The van der Waals surface area contributed by atoms with Gasteiger partial charge < -0.3 is 11.5 Å². The number of nitrogens with two attached hydrogens (primary N) is 2. The molecule has 19 heavy (non-hydrogen) atoms. The van der Waals surface area contributed by atoms with Crippen LogP contribution in [0.4, 0.5) is 11.6 Å². The second-order valence-corrected chi connectivity index (χ2v) is 4.93. The van der Waals surface area contributed by atoms with E-state index in [4.69, 9.17) is 11.5 Å². The lowest BCUT2D eigenvalue weighted by Crippen LogP contribution is -2.00. The van der Waals surface area contributed by atoms with Gasteiger partial charge in [0.2, 0.25) is 0 Å². The first-order chi connectivity index (χ1) is 8.99. The van der Waals surface area contributed by atoms with Gasteiger partial charge in [0.25, 0.3) is 0 Å². The largest absolute Gasteiger partial charge is 0.383 e. The Balaban J connectivity index is 2.46. The van der Waals surface area contributed by atoms with Crippen LogP contribution >= 0.6 is 11.8 Å². The third-order valence-corrected chi connectivity index (χ3v) is 3.21. The molecule has 2 rings (SSSR count). The van der Waals surface area contributed by atoms with E-state index in [0.29, 0.717) is 15.7 Å². The van der Waals surface area contributed by atoms with Crippen LogP contribution in [0, 0.1) is 25.2 Å². The molecule has 0 unspecified atom stereocenters. The summed E-state index contributed by atoms with van der Waals surface area (Å²) >= 11 is 1.18. The number of aryl methyl sites for hydroxylation is 2. The Kier molecular flexibility index (Phi) is 3.53. The maximum atomic E-state index is 9.18. The Morgan fingerprint density at radius 3 is 2.32 bits per heavy atom. The van der Waals surface area contributed by atoms with Crippen molar-refractivity contribution >= 4 is 23.4 Å². The normalized spacial score (nSPS) is 10.2. The van der Waals surface area contributed by atoms with Crippen LogP contribution in [-0.4, -0.2) is 15.0 Å². The maximum Gasteiger partial charge on any atom is 0.197 e. The van der Waals surface area contributed by atoms with Crippen molar-refractivity contribution in [3.8, 4) is 6.07 Å². The molecule has 0 fully saturated rings. The predicted octanol–water partition coefficient (Wildman–Crippen LogP) is 1.68. The van der Waals surface area contributed by atoms with Crippen LogP contribution in [0.25, 0.3) is 0 Å². The van der Waals surface area contributed by atoms with Gasteiger partial charge in [0.1, 0.15) is 22.7 Å². The molecule has 96 valence electrons. The van der Waals surface area contributed by atoms with Crippen LogP contribution in [0.5, 0.6) is 0 Å². The maximum absolute atomic E-state index is 9.18. The monoisotopic (exact) mass is 272 g/mol. The van der Waals surface area contributed by atoms with Crippen LogP contribution in [0.3, 0.4) is 0 Å². The average Bonchev–Trinajstić information content (AvgIpc) is 2.26. The first kappa shape index (κ1) is 13.1. The zero-order valence-corrected chi connectivity index (χ0v) is 11.3. The summed E-state index contributed by atoms with van der Waals surface area (Å²) in [7, 11) is 0. The minimum absolute atomic E-state index is 0.290. The fourth-order valence-electron chi connectivity index (χ4n) is 1.61. The van der Waals surface area contributed by atoms with E-state index >= 15 is 0 Å². The Hall–Kier alpha value is -2.33. The van der Waals surface area contributed by atoms with Gasteiger partial charge in [-0.05, 0) is 37.2 Å². The van der Waals surface area contributed by atoms with Crippen LogP contribution in [0.15, 0.2) is 22.3 Å². The highest BCUT2D eigenvalue weighted by Crippen LogP contribution is 2.29. The van der Waals surface area contributed by atoms with Crippen LogP contribution in [0.2, 0.25) is 0 Å². The molecule has 0 aliphatic carbocycles. The van der Waals surface area contributed by atoms with E-state index in [-0.39, 0.29) is 11.6 Å². The molecule has 0 amide bonds. The molecule has 0 aliphatic heterocycles. The third kappa shape index (κ3) is 2.92. The molecule has 0 saturated carbocycles. The first-order valence-electron chi connectivity index (χ1n) is 5.46. The number of aromatic nitrogens is 3. The SMILES string of the molecule is Cc1cc(C)c(C#N)c(Sc2nc(N)cc(N)n2)n1. The molecule has 0 bridgehead atoms. The fourth-order valence-corrected chi connectivity index (χ4v) is 2.58. The molecule has 2 heterocycles. The second-order valence-electron chi connectivity index (χ2n) is 3.97. The Morgan fingerprint density at radius 1 is 1.11 bits per heavy atom. The van der Waals surface area contributed by atoms with Crippen LogP contribution in [-0.2, 0) is 0 Å². The molecule has 0 atom stereocenters. The lowest BCUT2D eigenvalue weighted by molar-refractivity contribution is 0.966. The molecule has 0 aromatic carbocycles. The highest BCUT2D eigenvalue weighted by atomic mass is 32.2. The highest BCUT2D eigenvalue weighted by molar-refractivity contribution is 7.99. The smallest absolute Gasteiger partial charge is 0.197 e. The Morgan fingerprint density at radius 2 is 1.74 bits per heavy atom. The number of nitrogens with zero attached hydrogens (tertiary/aromatic N) is 4. The van der Waals surface area contributed by atoms with Crippen LogP contribution < -0.4 is 11.5 Å². The number of hydrogen-bond acceptors (Lipinski definition) is 7. The average molecular weight is 272 g/mol. The van der Waals surface area contributed by atoms with Crippen molar-refractivity contribution in [2.24, 2.45) is 0 Å². The summed E-state index contributed by atoms with van der Waals surface area (Å²) in [6.07, 6.45) is 0. The summed E-state index contributed by atoms with van der Waals surface area (Å²) in [4.78, 5) is 12.5. The molecule has 0 saturated heterocycles. The van der Waals surface area contributed by atoms with Gasteiger partial charge in [0, 0.05) is 11.8 Å². The summed E-state index contributed by atoms with van der Waals surface area (Å²) in [5.41, 5.74) is 13.4. The Bertz CT molecular complexity index is 656. The molecule has 0 spiro atoms. The number of hydrogen-bond donors (Lipinski definition) is 2. The van der Waals surface area contributed by atoms with E-state index in [0.717, 1.165) is 11.3 Å². The molecule has 0 radical (unpaired) electrons. The fraction of sp³-hybridized carbons (Fsp3) is 0.167. The summed E-state index contributed by atoms with van der Waals surface area (Å²) in [6, 6.07) is 5.47. The van der Waals surface area contributed by atoms with Crippen molar-refractivity contribution in [1.82, 2.24) is 15.0 Å². The van der Waals surface area contributed by atoms with Gasteiger partial charge in [0.05, 0.1) is 5.56 Å². The first-order valence-corrected chi connectivity index (χ1v) is 6.27. The lowest BCUT2D eigenvalue weighted by atomic mass is 10.1. The van der Waals surface area contributed by atoms with Crippen LogP contribution in [0.1, 0.15) is 16.8 Å². The minimum Gasteiger partial charge on any atom is -0.383 e. The molecular formula is C12H12N6S. The van der Waals surface area contributed by atoms with Gasteiger partial charge in [0.15, 0.2) is 5.16 Å². The van der Waals surface area contributed by atoms with Gasteiger partial charge in [-0.25, -0.2) is 15.0 Å². The number of nitriles is 1. The molecule has 2 aromatic heterocycles. The zero-order valence-electron chi connectivity index (χ0n) is 10.5. The molecule has 7 heteroatoms. The van der Waals surface area contributed by atoms with Crippen molar-refractivity contribution in [3.63, 3.8) is 0 Å². The quantitative estimate of drug-likeness (QED) is 0.799. The second kappa shape index (κ2) is 5.12. The Labute approximate surface area is 114 Å². The van der Waals surface area contributed by atoms with Gasteiger partial charge in [-0.1, -0.05) is 0 Å². The van der Waals surface area contributed by atoms with Gasteiger partial charge >= 0.3 is 0 Å². The molecule has 0 aliphatic rings. The topological polar surface area (TPSA) is 114 Å². The van der Waals surface area contributed by atoms with Crippen molar-refractivity contribution in [2.75, 3.05) is 11.5 Å². The number of nitrogen functional groups attached to an aromatic ring is 2. The van der Waals surface area contributed by atoms with Crippen molar-refractivity contribution in [2.45, 2.75) is 24.0 Å². The lowest BCUT2D eigenvalue weighted by Gasteiger charge is -2.07. The van der Waals surface area contributed by atoms with Gasteiger partial charge in [-0.2, -0.15) is 5.26 Å². The third-order valence-electron chi connectivity index (χ3n) is 2.36.